The Bertz CT molecular complexity index is 978. The summed E-state index contributed by atoms with van der Waals surface area (Å²) in [5.74, 6) is 0.205. The van der Waals surface area contributed by atoms with Crippen molar-refractivity contribution in [3.8, 4) is 11.1 Å². The van der Waals surface area contributed by atoms with Crippen molar-refractivity contribution in [2.24, 2.45) is 13.0 Å². The first kappa shape index (κ1) is 18.4. The van der Waals surface area contributed by atoms with Gasteiger partial charge in [0.1, 0.15) is 0 Å². The Hall–Kier alpha value is -2.92. The number of hydrogen-bond acceptors (Lipinski definition) is 3. The molecule has 0 bridgehead atoms. The molecule has 0 unspecified atom stereocenters. The molecular formula is C23H26N4O. The van der Waals surface area contributed by atoms with Crippen LogP contribution in [0.25, 0.3) is 11.1 Å². The number of aromatic nitrogens is 2. The Kier molecular flexibility index (Phi) is 5.26. The zero-order chi connectivity index (χ0) is 19.5. The molecule has 1 fully saturated rings. The maximum absolute atomic E-state index is 12.8. The van der Waals surface area contributed by atoms with Crippen LogP contribution >= 0.6 is 0 Å². The maximum Gasteiger partial charge on any atom is 0.225 e. The van der Waals surface area contributed by atoms with E-state index in [9.17, 15) is 4.79 Å². The van der Waals surface area contributed by atoms with Crippen molar-refractivity contribution in [3.63, 3.8) is 0 Å². The predicted octanol–water partition coefficient (Wildman–Crippen LogP) is 3.01. The van der Waals surface area contributed by atoms with E-state index in [0.717, 1.165) is 17.7 Å². The van der Waals surface area contributed by atoms with Crippen LogP contribution in [0.2, 0.25) is 0 Å². The number of carbonyl (C=O) groups is 1. The first-order valence-corrected chi connectivity index (χ1v) is 9.73. The molecule has 144 valence electrons. The molecule has 2 N–H and O–H groups in total. The predicted molar refractivity (Wildman–Crippen MR) is 111 cm³/mol. The van der Waals surface area contributed by atoms with E-state index >= 15 is 0 Å². The summed E-state index contributed by atoms with van der Waals surface area (Å²) in [4.78, 5) is 12.8. The molecule has 3 aromatic rings. The molecule has 1 aliphatic rings. The number of rotatable bonds is 5. The molecule has 2 heterocycles. The monoisotopic (exact) mass is 374 g/mol. The second-order valence-electron chi connectivity index (χ2n) is 7.61. The SMILES string of the molecule is Cc1cccc(-c2cccc(CNC(=O)[C@H]3CNC[C@@H]3c3cnn(C)c3)c2)c1. The summed E-state index contributed by atoms with van der Waals surface area (Å²) in [7, 11) is 1.90. The van der Waals surface area contributed by atoms with Gasteiger partial charge in [0.25, 0.3) is 0 Å². The Labute approximate surface area is 165 Å². The summed E-state index contributed by atoms with van der Waals surface area (Å²) in [6.07, 6.45) is 3.87. The molecule has 1 saturated heterocycles. The van der Waals surface area contributed by atoms with Crippen molar-refractivity contribution in [2.45, 2.75) is 19.4 Å². The summed E-state index contributed by atoms with van der Waals surface area (Å²) < 4.78 is 1.79. The fraction of sp³-hybridized carbons (Fsp3) is 0.304. The Balaban J connectivity index is 1.43. The largest absolute Gasteiger partial charge is 0.352 e. The normalized spacial score (nSPS) is 18.9. The first-order chi connectivity index (χ1) is 13.6. The standard InChI is InChI=1S/C23H26N4O/c1-16-5-3-7-18(9-16)19-8-4-6-17(10-19)11-25-23(28)22-14-24-13-21(22)20-12-26-27(2)15-20/h3-10,12,15,21-22,24H,11,13-14H2,1-2H3,(H,25,28)/t21-,22+/m1/s1. The number of nitrogens with zero attached hydrogens (tertiary/aromatic N) is 2. The van der Waals surface area contributed by atoms with Gasteiger partial charge in [0.2, 0.25) is 5.91 Å². The van der Waals surface area contributed by atoms with E-state index in [2.05, 4.69) is 71.2 Å². The van der Waals surface area contributed by atoms with Gasteiger partial charge < -0.3 is 10.6 Å². The molecule has 0 aliphatic carbocycles. The lowest BCUT2D eigenvalue weighted by atomic mass is 9.90. The van der Waals surface area contributed by atoms with Gasteiger partial charge in [0, 0.05) is 38.8 Å². The van der Waals surface area contributed by atoms with Gasteiger partial charge in [0.05, 0.1) is 12.1 Å². The topological polar surface area (TPSA) is 59.0 Å². The zero-order valence-corrected chi connectivity index (χ0v) is 16.4. The van der Waals surface area contributed by atoms with Gasteiger partial charge in [-0.25, -0.2) is 0 Å². The average molecular weight is 374 g/mol. The summed E-state index contributed by atoms with van der Waals surface area (Å²) in [6.45, 7) is 4.15. The smallest absolute Gasteiger partial charge is 0.225 e. The molecule has 1 aliphatic heterocycles. The highest BCUT2D eigenvalue weighted by Crippen LogP contribution is 2.28. The summed E-state index contributed by atoms with van der Waals surface area (Å²) in [5.41, 5.74) is 5.84. The minimum Gasteiger partial charge on any atom is -0.352 e. The van der Waals surface area contributed by atoms with Crippen molar-refractivity contribution in [3.05, 3.63) is 77.6 Å². The van der Waals surface area contributed by atoms with Gasteiger partial charge in [-0.15, -0.1) is 0 Å². The Morgan fingerprint density at radius 3 is 2.71 bits per heavy atom. The van der Waals surface area contributed by atoms with Gasteiger partial charge in [-0.3, -0.25) is 9.48 Å². The molecule has 2 atom stereocenters. The first-order valence-electron chi connectivity index (χ1n) is 9.73. The lowest BCUT2D eigenvalue weighted by molar-refractivity contribution is -0.125. The van der Waals surface area contributed by atoms with Gasteiger partial charge in [0.15, 0.2) is 0 Å². The van der Waals surface area contributed by atoms with Gasteiger partial charge in [-0.2, -0.15) is 5.10 Å². The van der Waals surface area contributed by atoms with Crippen LogP contribution in [0.1, 0.15) is 22.6 Å². The van der Waals surface area contributed by atoms with Crippen LogP contribution in [-0.4, -0.2) is 28.8 Å². The Morgan fingerprint density at radius 2 is 1.96 bits per heavy atom. The molecular weight excluding hydrogens is 348 g/mol. The third-order valence-corrected chi connectivity index (χ3v) is 5.45. The van der Waals surface area contributed by atoms with Crippen LogP contribution in [0.3, 0.4) is 0 Å². The van der Waals surface area contributed by atoms with E-state index in [0.29, 0.717) is 13.1 Å². The van der Waals surface area contributed by atoms with Crippen LogP contribution < -0.4 is 10.6 Å². The summed E-state index contributed by atoms with van der Waals surface area (Å²) in [6, 6.07) is 16.8. The van der Waals surface area contributed by atoms with E-state index in [-0.39, 0.29) is 17.7 Å². The lowest BCUT2D eigenvalue weighted by Crippen LogP contribution is -2.33. The Morgan fingerprint density at radius 1 is 1.18 bits per heavy atom. The van der Waals surface area contributed by atoms with Crippen molar-refractivity contribution >= 4 is 5.91 Å². The lowest BCUT2D eigenvalue weighted by Gasteiger charge is -2.17. The third kappa shape index (κ3) is 3.99. The fourth-order valence-electron chi connectivity index (χ4n) is 3.94. The second-order valence-corrected chi connectivity index (χ2v) is 7.61. The minimum absolute atomic E-state index is 0.0656. The molecule has 0 spiro atoms. The molecule has 0 saturated carbocycles. The van der Waals surface area contributed by atoms with E-state index in [1.54, 1.807) is 4.68 Å². The van der Waals surface area contributed by atoms with E-state index < -0.39 is 0 Å². The van der Waals surface area contributed by atoms with Crippen LogP contribution in [0.5, 0.6) is 0 Å². The van der Waals surface area contributed by atoms with Crippen molar-refractivity contribution in [1.82, 2.24) is 20.4 Å². The quantitative estimate of drug-likeness (QED) is 0.722. The molecule has 4 rings (SSSR count). The number of nitrogens with one attached hydrogen (secondary N) is 2. The molecule has 1 aromatic heterocycles. The van der Waals surface area contributed by atoms with Crippen LogP contribution in [-0.2, 0) is 18.4 Å². The maximum atomic E-state index is 12.8. The van der Waals surface area contributed by atoms with E-state index in [1.165, 1.54) is 16.7 Å². The van der Waals surface area contributed by atoms with Crippen molar-refractivity contribution in [2.75, 3.05) is 13.1 Å². The highest BCUT2D eigenvalue weighted by Gasteiger charge is 2.34. The number of hydrogen-bond donors (Lipinski definition) is 2. The van der Waals surface area contributed by atoms with Gasteiger partial charge in [-0.1, -0.05) is 48.0 Å². The zero-order valence-electron chi connectivity index (χ0n) is 16.4. The average Bonchev–Trinajstić information content (AvgIpc) is 3.35. The second kappa shape index (κ2) is 7.98. The number of carbonyl (C=O) groups excluding carboxylic acids is 1. The summed E-state index contributed by atoms with van der Waals surface area (Å²) in [5, 5.41) is 10.7. The van der Waals surface area contributed by atoms with Crippen LogP contribution in [0, 0.1) is 12.8 Å². The third-order valence-electron chi connectivity index (χ3n) is 5.45. The fourth-order valence-corrected chi connectivity index (χ4v) is 3.94. The molecule has 2 aromatic carbocycles. The highest BCUT2D eigenvalue weighted by atomic mass is 16.1. The molecule has 1 amide bonds. The van der Waals surface area contributed by atoms with Crippen molar-refractivity contribution in [1.29, 1.82) is 0 Å². The molecule has 28 heavy (non-hydrogen) atoms. The van der Waals surface area contributed by atoms with E-state index in [4.69, 9.17) is 0 Å². The van der Waals surface area contributed by atoms with Crippen molar-refractivity contribution < 1.29 is 4.79 Å². The molecule has 5 heteroatoms. The molecule has 0 radical (unpaired) electrons. The van der Waals surface area contributed by atoms with Crippen LogP contribution in [0.4, 0.5) is 0 Å². The number of amides is 1. The highest BCUT2D eigenvalue weighted by molar-refractivity contribution is 5.80. The van der Waals surface area contributed by atoms with E-state index in [1.807, 2.05) is 19.4 Å². The molecule has 5 nitrogen and oxygen atoms in total. The van der Waals surface area contributed by atoms with Crippen LogP contribution in [0.15, 0.2) is 60.9 Å². The number of benzene rings is 2. The summed E-state index contributed by atoms with van der Waals surface area (Å²) >= 11 is 0. The number of aryl methyl sites for hydroxylation is 2. The van der Waals surface area contributed by atoms with Gasteiger partial charge in [-0.05, 0) is 35.2 Å². The minimum atomic E-state index is -0.0656. The van der Waals surface area contributed by atoms with Gasteiger partial charge >= 0.3 is 0 Å².